The largest absolute Gasteiger partial charge is 0.491 e. The first-order valence-electron chi connectivity index (χ1n) is 8.75. The maximum atomic E-state index is 12.9. The fraction of sp³-hybridized carbons (Fsp3) is 0.500. The number of hydrogen-bond donors (Lipinski definition) is 1. The number of rotatable bonds is 5. The molecule has 1 aliphatic heterocycles. The molecule has 0 saturated carbocycles. The zero-order chi connectivity index (χ0) is 18.5. The molecule has 26 heavy (non-hydrogen) atoms. The molecule has 0 spiro atoms. The molecule has 1 aromatic carbocycles. The summed E-state index contributed by atoms with van der Waals surface area (Å²) in [5.41, 5.74) is 0. The lowest BCUT2D eigenvalue weighted by Gasteiger charge is -2.32. The van der Waals surface area contributed by atoms with E-state index in [0.29, 0.717) is 37.2 Å². The van der Waals surface area contributed by atoms with Crippen molar-refractivity contribution in [1.82, 2.24) is 20.4 Å². The highest BCUT2D eigenvalue weighted by atomic mass is 19.1. The summed E-state index contributed by atoms with van der Waals surface area (Å²) in [7, 11) is 0. The second kappa shape index (κ2) is 8.16. The van der Waals surface area contributed by atoms with Gasteiger partial charge in [-0.1, -0.05) is 5.16 Å². The van der Waals surface area contributed by atoms with Crippen molar-refractivity contribution < 1.29 is 18.4 Å². The maximum Gasteiger partial charge on any atom is 0.317 e. The van der Waals surface area contributed by atoms with E-state index in [9.17, 15) is 9.18 Å². The van der Waals surface area contributed by atoms with Crippen LogP contribution in [0.2, 0.25) is 0 Å². The third kappa shape index (κ3) is 4.71. The number of amides is 2. The van der Waals surface area contributed by atoms with Crippen LogP contribution in [-0.2, 0) is 0 Å². The molecule has 0 aliphatic carbocycles. The Morgan fingerprint density at radius 2 is 2.23 bits per heavy atom. The number of aromatic nitrogens is 2. The number of aryl methyl sites for hydroxylation is 1. The second-order valence-corrected chi connectivity index (χ2v) is 6.58. The van der Waals surface area contributed by atoms with Crippen LogP contribution in [0.5, 0.6) is 5.75 Å². The Labute approximate surface area is 151 Å². The molecular formula is C18H23FN4O3. The molecule has 1 fully saturated rings. The average molecular weight is 362 g/mol. The maximum absolute atomic E-state index is 12.9. The van der Waals surface area contributed by atoms with Gasteiger partial charge in [0.05, 0.1) is 12.0 Å². The Balaban J connectivity index is 1.48. The minimum absolute atomic E-state index is 0.0708. The third-order valence-electron chi connectivity index (χ3n) is 4.28. The normalized spacial score (nSPS) is 18.4. The van der Waals surface area contributed by atoms with Crippen molar-refractivity contribution in [2.75, 3.05) is 19.7 Å². The van der Waals surface area contributed by atoms with Crippen molar-refractivity contribution in [3.63, 3.8) is 0 Å². The van der Waals surface area contributed by atoms with Crippen LogP contribution in [0.4, 0.5) is 9.18 Å². The van der Waals surface area contributed by atoms with E-state index in [1.165, 1.54) is 12.1 Å². The van der Waals surface area contributed by atoms with E-state index in [4.69, 9.17) is 9.26 Å². The first-order chi connectivity index (χ1) is 12.5. The van der Waals surface area contributed by atoms with Crippen molar-refractivity contribution in [2.45, 2.75) is 38.6 Å². The van der Waals surface area contributed by atoms with E-state index in [2.05, 4.69) is 15.5 Å². The van der Waals surface area contributed by atoms with Crippen LogP contribution in [0.3, 0.4) is 0 Å². The number of benzene rings is 1. The van der Waals surface area contributed by atoms with E-state index in [0.717, 1.165) is 12.8 Å². The Bertz CT molecular complexity index is 734. The fourth-order valence-corrected chi connectivity index (χ4v) is 2.94. The van der Waals surface area contributed by atoms with Gasteiger partial charge in [-0.2, -0.15) is 4.98 Å². The summed E-state index contributed by atoms with van der Waals surface area (Å²) in [5.74, 6) is 1.52. The number of nitrogens with one attached hydrogen (secondary N) is 1. The number of halogens is 1. The molecule has 140 valence electrons. The number of urea groups is 1. The summed E-state index contributed by atoms with van der Waals surface area (Å²) in [6, 6.07) is 5.48. The standard InChI is InChI=1S/C18H23FN4O3/c1-12(11-25-16-7-5-15(19)6-8-16)20-18(24)23-9-3-4-14(10-23)17-21-13(2)22-26-17/h5-8,12,14H,3-4,9-11H2,1-2H3,(H,20,24)/t12-,14-/m1/s1. The van der Waals surface area contributed by atoms with E-state index < -0.39 is 0 Å². The van der Waals surface area contributed by atoms with Gasteiger partial charge in [0.15, 0.2) is 5.82 Å². The van der Waals surface area contributed by atoms with Gasteiger partial charge in [0.25, 0.3) is 0 Å². The predicted molar refractivity (Wildman–Crippen MR) is 92.5 cm³/mol. The van der Waals surface area contributed by atoms with Gasteiger partial charge >= 0.3 is 6.03 Å². The lowest BCUT2D eigenvalue weighted by atomic mass is 9.98. The van der Waals surface area contributed by atoms with E-state index >= 15 is 0 Å². The summed E-state index contributed by atoms with van der Waals surface area (Å²) in [6.07, 6.45) is 1.81. The highest BCUT2D eigenvalue weighted by Gasteiger charge is 2.28. The molecule has 8 heteroatoms. The van der Waals surface area contributed by atoms with Crippen LogP contribution in [-0.4, -0.2) is 46.8 Å². The Kier molecular flexibility index (Phi) is 5.70. The highest BCUT2D eigenvalue weighted by Crippen LogP contribution is 2.25. The van der Waals surface area contributed by atoms with Crippen LogP contribution in [0.25, 0.3) is 0 Å². The number of carbonyl (C=O) groups excluding carboxylic acids is 1. The van der Waals surface area contributed by atoms with E-state index in [-0.39, 0.29) is 23.8 Å². The Morgan fingerprint density at radius 1 is 1.46 bits per heavy atom. The Hall–Kier alpha value is -2.64. The smallest absolute Gasteiger partial charge is 0.317 e. The minimum atomic E-state index is -0.310. The van der Waals surface area contributed by atoms with Crippen LogP contribution >= 0.6 is 0 Å². The summed E-state index contributed by atoms with van der Waals surface area (Å²) >= 11 is 0. The Morgan fingerprint density at radius 3 is 2.92 bits per heavy atom. The van der Waals surface area contributed by atoms with Crippen molar-refractivity contribution in [3.05, 3.63) is 41.8 Å². The van der Waals surface area contributed by atoms with Gasteiger partial charge in [-0.25, -0.2) is 9.18 Å². The van der Waals surface area contributed by atoms with E-state index in [1.54, 1.807) is 24.0 Å². The van der Waals surface area contributed by atoms with Gasteiger partial charge < -0.3 is 19.5 Å². The molecule has 2 aromatic rings. The van der Waals surface area contributed by atoms with Gasteiger partial charge in [0.2, 0.25) is 5.89 Å². The molecule has 2 amide bonds. The monoisotopic (exact) mass is 362 g/mol. The van der Waals surface area contributed by atoms with Crippen LogP contribution in [0, 0.1) is 12.7 Å². The first kappa shape index (κ1) is 18.2. The molecule has 1 aromatic heterocycles. The second-order valence-electron chi connectivity index (χ2n) is 6.58. The molecular weight excluding hydrogens is 339 g/mol. The molecule has 1 N–H and O–H groups in total. The molecule has 0 radical (unpaired) electrons. The molecule has 2 heterocycles. The van der Waals surface area contributed by atoms with Gasteiger partial charge in [-0.15, -0.1) is 0 Å². The first-order valence-corrected chi connectivity index (χ1v) is 8.75. The SMILES string of the molecule is Cc1noc([C@@H]2CCCN(C(=O)N[C@H](C)COc3ccc(F)cc3)C2)n1. The van der Waals surface area contributed by atoms with Crippen molar-refractivity contribution >= 4 is 6.03 Å². The zero-order valence-electron chi connectivity index (χ0n) is 14.9. The summed E-state index contributed by atoms with van der Waals surface area (Å²) in [4.78, 5) is 18.5. The number of piperidine rings is 1. The quantitative estimate of drug-likeness (QED) is 0.885. The lowest BCUT2D eigenvalue weighted by Crippen LogP contribution is -2.48. The van der Waals surface area contributed by atoms with Crippen molar-refractivity contribution in [2.24, 2.45) is 0 Å². The number of carbonyl (C=O) groups is 1. The predicted octanol–water partition coefficient (Wildman–Crippen LogP) is 2.87. The van der Waals surface area contributed by atoms with Gasteiger partial charge in [-0.05, 0) is 51.0 Å². The highest BCUT2D eigenvalue weighted by molar-refractivity contribution is 5.74. The number of ether oxygens (including phenoxy) is 1. The van der Waals surface area contributed by atoms with Crippen molar-refractivity contribution in [3.8, 4) is 5.75 Å². The summed E-state index contributed by atoms with van der Waals surface area (Å²) in [5, 5.41) is 6.75. The third-order valence-corrected chi connectivity index (χ3v) is 4.28. The summed E-state index contributed by atoms with van der Waals surface area (Å²) < 4.78 is 23.7. The van der Waals surface area contributed by atoms with Gasteiger partial charge in [-0.3, -0.25) is 0 Å². The molecule has 3 rings (SSSR count). The van der Waals surface area contributed by atoms with Crippen molar-refractivity contribution in [1.29, 1.82) is 0 Å². The molecule has 1 aliphatic rings. The molecule has 0 unspecified atom stereocenters. The summed E-state index contributed by atoms with van der Waals surface area (Å²) in [6.45, 7) is 5.20. The van der Waals surface area contributed by atoms with Crippen LogP contribution < -0.4 is 10.1 Å². The lowest BCUT2D eigenvalue weighted by molar-refractivity contribution is 0.164. The van der Waals surface area contributed by atoms with Crippen LogP contribution in [0.1, 0.15) is 37.4 Å². The van der Waals surface area contributed by atoms with Gasteiger partial charge in [0, 0.05) is 13.1 Å². The van der Waals surface area contributed by atoms with Gasteiger partial charge in [0.1, 0.15) is 18.2 Å². The zero-order valence-corrected chi connectivity index (χ0v) is 14.9. The van der Waals surface area contributed by atoms with E-state index in [1.807, 2.05) is 6.92 Å². The molecule has 2 atom stereocenters. The topological polar surface area (TPSA) is 80.5 Å². The average Bonchev–Trinajstić information content (AvgIpc) is 3.08. The van der Waals surface area contributed by atoms with Crippen LogP contribution in [0.15, 0.2) is 28.8 Å². The number of hydrogen-bond acceptors (Lipinski definition) is 5. The molecule has 0 bridgehead atoms. The molecule has 7 nitrogen and oxygen atoms in total. The number of likely N-dealkylation sites (tertiary alicyclic amines) is 1. The number of nitrogens with zero attached hydrogens (tertiary/aromatic N) is 3. The fourth-order valence-electron chi connectivity index (χ4n) is 2.94. The molecule has 1 saturated heterocycles. The minimum Gasteiger partial charge on any atom is -0.491 e.